The van der Waals surface area contributed by atoms with Gasteiger partial charge in [-0.15, -0.1) is 0 Å². The third kappa shape index (κ3) is 3.17. The van der Waals surface area contributed by atoms with Crippen molar-refractivity contribution < 1.29 is 0 Å². The lowest BCUT2D eigenvalue weighted by molar-refractivity contribution is 0.630. The van der Waals surface area contributed by atoms with E-state index in [2.05, 4.69) is 55.3 Å². The summed E-state index contributed by atoms with van der Waals surface area (Å²) in [6, 6.07) is 12.8. The van der Waals surface area contributed by atoms with E-state index in [1.54, 1.807) is 6.20 Å². The van der Waals surface area contributed by atoms with Crippen molar-refractivity contribution in [2.75, 3.05) is 12.3 Å². The minimum absolute atomic E-state index is 0.0925. The maximum absolute atomic E-state index is 6.02. The second-order valence-corrected chi connectivity index (χ2v) is 5.29. The molecule has 106 valence electrons. The van der Waals surface area contributed by atoms with Crippen LogP contribution in [0.5, 0.6) is 0 Å². The quantitative estimate of drug-likeness (QED) is 0.873. The summed E-state index contributed by atoms with van der Waals surface area (Å²) in [5.74, 6) is 1.14. The Bertz CT molecular complexity index is 546. The SMILES string of the molecule is CCNC(c1ccc(C(C)C)cc1)c1cccnc1N. The van der Waals surface area contributed by atoms with Gasteiger partial charge in [-0.25, -0.2) is 4.98 Å². The monoisotopic (exact) mass is 269 g/mol. The fraction of sp³-hybridized carbons (Fsp3) is 0.353. The first-order chi connectivity index (χ1) is 9.63. The highest BCUT2D eigenvalue weighted by atomic mass is 14.9. The average molecular weight is 269 g/mol. The van der Waals surface area contributed by atoms with E-state index in [1.807, 2.05) is 12.1 Å². The second-order valence-electron chi connectivity index (χ2n) is 5.29. The number of pyridine rings is 1. The van der Waals surface area contributed by atoms with E-state index in [0.29, 0.717) is 11.7 Å². The highest BCUT2D eigenvalue weighted by Gasteiger charge is 2.16. The molecule has 1 atom stereocenters. The van der Waals surface area contributed by atoms with Crippen LogP contribution in [0.1, 0.15) is 49.4 Å². The largest absolute Gasteiger partial charge is 0.383 e. The lowest BCUT2D eigenvalue weighted by Crippen LogP contribution is -2.23. The van der Waals surface area contributed by atoms with Crippen LogP contribution in [0.15, 0.2) is 42.6 Å². The van der Waals surface area contributed by atoms with Crippen molar-refractivity contribution >= 4 is 5.82 Å². The molecule has 0 aliphatic carbocycles. The molecule has 0 spiro atoms. The number of nitrogen functional groups attached to an aromatic ring is 1. The molecule has 1 heterocycles. The molecule has 20 heavy (non-hydrogen) atoms. The first-order valence-corrected chi connectivity index (χ1v) is 7.17. The van der Waals surface area contributed by atoms with Crippen LogP contribution in [0, 0.1) is 0 Å². The van der Waals surface area contributed by atoms with Crippen molar-refractivity contribution in [2.24, 2.45) is 0 Å². The Morgan fingerprint density at radius 2 is 1.75 bits per heavy atom. The smallest absolute Gasteiger partial charge is 0.128 e. The van der Waals surface area contributed by atoms with Gasteiger partial charge in [-0.1, -0.05) is 51.1 Å². The Morgan fingerprint density at radius 1 is 1.10 bits per heavy atom. The fourth-order valence-electron chi connectivity index (χ4n) is 2.36. The van der Waals surface area contributed by atoms with Crippen LogP contribution in [0.3, 0.4) is 0 Å². The molecule has 0 radical (unpaired) electrons. The molecular formula is C17H23N3. The van der Waals surface area contributed by atoms with E-state index in [9.17, 15) is 0 Å². The minimum Gasteiger partial charge on any atom is -0.383 e. The summed E-state index contributed by atoms with van der Waals surface area (Å²) < 4.78 is 0. The molecule has 0 aliphatic rings. The number of hydrogen-bond acceptors (Lipinski definition) is 3. The maximum atomic E-state index is 6.02. The zero-order valence-corrected chi connectivity index (χ0v) is 12.4. The maximum Gasteiger partial charge on any atom is 0.128 e. The number of nitrogens with zero attached hydrogens (tertiary/aromatic N) is 1. The first-order valence-electron chi connectivity index (χ1n) is 7.17. The molecule has 1 aromatic heterocycles. The molecule has 3 nitrogen and oxygen atoms in total. The predicted molar refractivity (Wildman–Crippen MR) is 84.7 cm³/mol. The number of anilines is 1. The number of benzene rings is 1. The summed E-state index contributed by atoms with van der Waals surface area (Å²) >= 11 is 0. The highest BCUT2D eigenvalue weighted by molar-refractivity contribution is 5.46. The van der Waals surface area contributed by atoms with Gasteiger partial charge in [-0.05, 0) is 29.7 Å². The molecule has 0 bridgehead atoms. The van der Waals surface area contributed by atoms with E-state index in [4.69, 9.17) is 5.73 Å². The van der Waals surface area contributed by atoms with Gasteiger partial charge in [0.1, 0.15) is 5.82 Å². The topological polar surface area (TPSA) is 50.9 Å². The van der Waals surface area contributed by atoms with Gasteiger partial charge < -0.3 is 11.1 Å². The van der Waals surface area contributed by atoms with Crippen LogP contribution in [0.25, 0.3) is 0 Å². The molecule has 0 aliphatic heterocycles. The van der Waals surface area contributed by atoms with Crippen LogP contribution < -0.4 is 11.1 Å². The fourth-order valence-corrected chi connectivity index (χ4v) is 2.36. The number of nitrogens with one attached hydrogen (secondary N) is 1. The lowest BCUT2D eigenvalue weighted by Gasteiger charge is -2.20. The zero-order chi connectivity index (χ0) is 14.5. The molecule has 1 aromatic carbocycles. The van der Waals surface area contributed by atoms with Crippen molar-refractivity contribution in [1.82, 2.24) is 10.3 Å². The van der Waals surface area contributed by atoms with E-state index in [-0.39, 0.29) is 6.04 Å². The molecular weight excluding hydrogens is 246 g/mol. The molecule has 0 saturated heterocycles. The normalized spacial score (nSPS) is 12.6. The third-order valence-electron chi connectivity index (χ3n) is 3.53. The molecule has 0 saturated carbocycles. The van der Waals surface area contributed by atoms with Gasteiger partial charge in [0, 0.05) is 11.8 Å². The summed E-state index contributed by atoms with van der Waals surface area (Å²) in [6.07, 6.45) is 1.73. The van der Waals surface area contributed by atoms with E-state index in [0.717, 1.165) is 12.1 Å². The van der Waals surface area contributed by atoms with E-state index >= 15 is 0 Å². The molecule has 2 aromatic rings. The van der Waals surface area contributed by atoms with Crippen molar-refractivity contribution in [1.29, 1.82) is 0 Å². The Kier molecular flexibility index (Phi) is 4.74. The second kappa shape index (κ2) is 6.53. The molecule has 1 unspecified atom stereocenters. The number of nitrogens with two attached hydrogens (primary N) is 1. The summed E-state index contributed by atoms with van der Waals surface area (Å²) in [6.45, 7) is 7.39. The predicted octanol–water partition coefficient (Wildman–Crippen LogP) is 3.49. The zero-order valence-electron chi connectivity index (χ0n) is 12.4. The summed E-state index contributed by atoms with van der Waals surface area (Å²) in [5.41, 5.74) is 9.62. The standard InChI is InChI=1S/C17H23N3/c1-4-19-16(15-6-5-11-20-17(15)18)14-9-7-13(8-10-14)12(2)3/h5-12,16,19H,4H2,1-3H3,(H2,18,20). The van der Waals surface area contributed by atoms with Crippen LogP contribution in [0.2, 0.25) is 0 Å². The number of aromatic nitrogens is 1. The van der Waals surface area contributed by atoms with Crippen molar-refractivity contribution in [3.8, 4) is 0 Å². The Balaban J connectivity index is 2.36. The first kappa shape index (κ1) is 14.5. The van der Waals surface area contributed by atoms with Crippen LogP contribution in [-0.4, -0.2) is 11.5 Å². The summed E-state index contributed by atoms with van der Waals surface area (Å²) in [4.78, 5) is 4.19. The van der Waals surface area contributed by atoms with Gasteiger partial charge in [0.25, 0.3) is 0 Å². The van der Waals surface area contributed by atoms with Crippen molar-refractivity contribution in [3.63, 3.8) is 0 Å². The minimum atomic E-state index is 0.0925. The molecule has 0 fully saturated rings. The Morgan fingerprint density at radius 3 is 2.30 bits per heavy atom. The summed E-state index contributed by atoms with van der Waals surface area (Å²) in [7, 11) is 0. The van der Waals surface area contributed by atoms with Crippen LogP contribution >= 0.6 is 0 Å². The Labute approximate surface area is 121 Å². The van der Waals surface area contributed by atoms with E-state index < -0.39 is 0 Å². The van der Waals surface area contributed by atoms with Gasteiger partial charge in [-0.2, -0.15) is 0 Å². The molecule has 2 rings (SSSR count). The average Bonchev–Trinajstić information content (AvgIpc) is 2.46. The van der Waals surface area contributed by atoms with Gasteiger partial charge in [-0.3, -0.25) is 0 Å². The van der Waals surface area contributed by atoms with Crippen molar-refractivity contribution in [3.05, 3.63) is 59.3 Å². The van der Waals surface area contributed by atoms with E-state index in [1.165, 1.54) is 11.1 Å². The van der Waals surface area contributed by atoms with Crippen LogP contribution in [0.4, 0.5) is 5.82 Å². The Hall–Kier alpha value is -1.87. The van der Waals surface area contributed by atoms with Gasteiger partial charge in [0.2, 0.25) is 0 Å². The third-order valence-corrected chi connectivity index (χ3v) is 3.53. The molecule has 3 heteroatoms. The van der Waals surface area contributed by atoms with Crippen molar-refractivity contribution in [2.45, 2.75) is 32.7 Å². The lowest BCUT2D eigenvalue weighted by atomic mass is 9.95. The van der Waals surface area contributed by atoms with Gasteiger partial charge in [0.15, 0.2) is 0 Å². The van der Waals surface area contributed by atoms with Gasteiger partial charge in [0.05, 0.1) is 6.04 Å². The highest BCUT2D eigenvalue weighted by Crippen LogP contribution is 2.26. The molecule has 3 N–H and O–H groups in total. The summed E-state index contributed by atoms with van der Waals surface area (Å²) in [5, 5.41) is 3.48. The van der Waals surface area contributed by atoms with Gasteiger partial charge >= 0.3 is 0 Å². The number of hydrogen-bond donors (Lipinski definition) is 2. The van der Waals surface area contributed by atoms with Crippen LogP contribution in [-0.2, 0) is 0 Å². The molecule has 0 amide bonds. The number of rotatable bonds is 5.